The third-order valence-corrected chi connectivity index (χ3v) is 2.16. The van der Waals surface area contributed by atoms with Crippen LogP contribution in [0, 0.1) is 0 Å². The highest BCUT2D eigenvalue weighted by atomic mass is 35.6. The number of ketones is 1. The van der Waals surface area contributed by atoms with Crippen LogP contribution in [0.5, 0.6) is 0 Å². The van der Waals surface area contributed by atoms with Gasteiger partial charge in [-0.15, -0.1) is 0 Å². The van der Waals surface area contributed by atoms with Crippen molar-refractivity contribution in [2.45, 2.75) is 3.79 Å². The standard InChI is InChI=1S/C8H7Cl3N2O/c9-8(10,11)7(14)4-2-1-3-5(12)6(4)13/h1-3H,12-13H2. The quantitative estimate of drug-likeness (QED) is 0.459. The van der Waals surface area contributed by atoms with E-state index in [4.69, 9.17) is 46.3 Å². The lowest BCUT2D eigenvalue weighted by Gasteiger charge is -2.12. The summed E-state index contributed by atoms with van der Waals surface area (Å²) in [6.07, 6.45) is 0. The number of nitrogen functional groups attached to an aromatic ring is 2. The van der Waals surface area contributed by atoms with E-state index in [0.717, 1.165) is 0 Å². The number of nitrogens with two attached hydrogens (primary N) is 2. The molecule has 4 N–H and O–H groups in total. The summed E-state index contributed by atoms with van der Waals surface area (Å²) < 4.78 is -2.01. The Bertz CT molecular complexity index is 373. The fourth-order valence-electron chi connectivity index (χ4n) is 0.934. The summed E-state index contributed by atoms with van der Waals surface area (Å²) in [5, 5.41) is 0. The summed E-state index contributed by atoms with van der Waals surface area (Å²) in [5.74, 6) is -0.688. The zero-order valence-corrected chi connectivity index (χ0v) is 9.20. The highest BCUT2D eigenvalue weighted by Crippen LogP contribution is 2.33. The lowest BCUT2D eigenvalue weighted by molar-refractivity contribution is 0.0997. The van der Waals surface area contributed by atoms with Gasteiger partial charge in [-0.05, 0) is 12.1 Å². The highest BCUT2D eigenvalue weighted by molar-refractivity contribution is 6.77. The SMILES string of the molecule is Nc1cccc(C(=O)C(Cl)(Cl)Cl)c1N. The fourth-order valence-corrected chi connectivity index (χ4v) is 1.24. The average molecular weight is 254 g/mol. The predicted octanol–water partition coefficient (Wildman–Crippen LogP) is 2.40. The van der Waals surface area contributed by atoms with Crippen molar-refractivity contribution in [3.8, 4) is 0 Å². The second-order valence-electron chi connectivity index (χ2n) is 2.64. The Morgan fingerprint density at radius 1 is 1.21 bits per heavy atom. The Morgan fingerprint density at radius 3 is 2.29 bits per heavy atom. The molecule has 14 heavy (non-hydrogen) atoms. The van der Waals surface area contributed by atoms with E-state index in [1.165, 1.54) is 6.07 Å². The van der Waals surface area contributed by atoms with Gasteiger partial charge < -0.3 is 11.5 Å². The van der Waals surface area contributed by atoms with Crippen LogP contribution in [0.3, 0.4) is 0 Å². The first-order valence-electron chi connectivity index (χ1n) is 3.59. The smallest absolute Gasteiger partial charge is 0.253 e. The van der Waals surface area contributed by atoms with Gasteiger partial charge in [0.2, 0.25) is 5.78 Å². The summed E-state index contributed by atoms with van der Waals surface area (Å²) in [5.41, 5.74) is 11.6. The van der Waals surface area contributed by atoms with E-state index in [0.29, 0.717) is 0 Å². The van der Waals surface area contributed by atoms with Crippen LogP contribution in [-0.2, 0) is 0 Å². The molecule has 0 amide bonds. The van der Waals surface area contributed by atoms with Crippen molar-refractivity contribution in [2.24, 2.45) is 0 Å². The first kappa shape index (κ1) is 11.4. The van der Waals surface area contributed by atoms with Crippen LogP contribution < -0.4 is 11.5 Å². The van der Waals surface area contributed by atoms with Crippen molar-refractivity contribution in [2.75, 3.05) is 11.5 Å². The van der Waals surface area contributed by atoms with E-state index >= 15 is 0 Å². The molecule has 1 aromatic rings. The molecular formula is C8H7Cl3N2O. The molecule has 0 aliphatic heterocycles. The molecule has 0 spiro atoms. The van der Waals surface area contributed by atoms with Gasteiger partial charge in [-0.25, -0.2) is 0 Å². The number of Topliss-reactive ketones (excluding diaryl/α,β-unsaturated/α-hetero) is 1. The van der Waals surface area contributed by atoms with Gasteiger partial charge in [0.15, 0.2) is 0 Å². The van der Waals surface area contributed by atoms with Gasteiger partial charge in [-0.3, -0.25) is 4.79 Å². The molecule has 1 aromatic carbocycles. The summed E-state index contributed by atoms with van der Waals surface area (Å²) in [6, 6.07) is 4.58. The Kier molecular flexibility index (Phi) is 3.14. The van der Waals surface area contributed by atoms with E-state index in [1.54, 1.807) is 12.1 Å². The summed E-state index contributed by atoms with van der Waals surface area (Å²) in [7, 11) is 0. The molecule has 0 saturated heterocycles. The maximum atomic E-state index is 11.5. The molecule has 0 aliphatic rings. The van der Waals surface area contributed by atoms with Crippen LogP contribution in [-0.4, -0.2) is 9.58 Å². The second-order valence-corrected chi connectivity index (χ2v) is 4.92. The first-order valence-corrected chi connectivity index (χ1v) is 4.73. The number of rotatable bonds is 1. The van der Waals surface area contributed by atoms with E-state index in [1.807, 2.05) is 0 Å². The second kappa shape index (κ2) is 3.85. The minimum atomic E-state index is -2.01. The molecule has 0 saturated carbocycles. The van der Waals surface area contributed by atoms with Crippen LogP contribution in [0.2, 0.25) is 0 Å². The zero-order valence-electron chi connectivity index (χ0n) is 6.93. The third kappa shape index (κ3) is 2.23. The molecule has 0 bridgehead atoms. The van der Waals surface area contributed by atoms with Crippen LogP contribution in [0.4, 0.5) is 11.4 Å². The zero-order chi connectivity index (χ0) is 10.9. The molecule has 0 heterocycles. The van der Waals surface area contributed by atoms with E-state index in [9.17, 15) is 4.79 Å². The fraction of sp³-hybridized carbons (Fsp3) is 0.125. The molecule has 0 atom stereocenters. The van der Waals surface area contributed by atoms with E-state index < -0.39 is 9.58 Å². The van der Waals surface area contributed by atoms with Crippen LogP contribution >= 0.6 is 34.8 Å². The first-order chi connectivity index (χ1) is 6.34. The molecule has 76 valence electrons. The van der Waals surface area contributed by atoms with Gasteiger partial charge in [0.1, 0.15) is 0 Å². The van der Waals surface area contributed by atoms with Gasteiger partial charge in [0.05, 0.1) is 11.4 Å². The minimum absolute atomic E-state index is 0.116. The maximum absolute atomic E-state index is 11.5. The van der Waals surface area contributed by atoms with Gasteiger partial charge in [0, 0.05) is 5.56 Å². The molecule has 6 heteroatoms. The Morgan fingerprint density at radius 2 is 1.79 bits per heavy atom. The molecule has 1 rings (SSSR count). The van der Waals surface area contributed by atoms with Crippen molar-refractivity contribution in [1.29, 1.82) is 0 Å². The summed E-state index contributed by atoms with van der Waals surface area (Å²) >= 11 is 16.3. The average Bonchev–Trinajstić information content (AvgIpc) is 2.07. The van der Waals surface area contributed by atoms with Gasteiger partial charge >= 0.3 is 0 Å². The van der Waals surface area contributed by atoms with Crippen molar-refractivity contribution in [3.05, 3.63) is 23.8 Å². The molecule has 3 nitrogen and oxygen atoms in total. The number of hydrogen-bond acceptors (Lipinski definition) is 3. The van der Waals surface area contributed by atoms with E-state index in [-0.39, 0.29) is 16.9 Å². The van der Waals surface area contributed by atoms with Crippen molar-refractivity contribution in [1.82, 2.24) is 0 Å². The van der Waals surface area contributed by atoms with Crippen molar-refractivity contribution < 1.29 is 4.79 Å². The Balaban J connectivity index is 3.21. The monoisotopic (exact) mass is 252 g/mol. The topological polar surface area (TPSA) is 69.1 Å². The number of halogens is 3. The molecule has 0 aliphatic carbocycles. The lowest BCUT2D eigenvalue weighted by Crippen LogP contribution is -2.20. The number of carbonyl (C=O) groups is 1. The third-order valence-electron chi connectivity index (χ3n) is 1.64. The molecular weight excluding hydrogens is 246 g/mol. The number of carbonyl (C=O) groups excluding carboxylic acids is 1. The maximum Gasteiger partial charge on any atom is 0.253 e. The Labute approximate surface area is 95.9 Å². The summed E-state index contributed by atoms with van der Waals surface area (Å²) in [6.45, 7) is 0. The molecule has 0 fully saturated rings. The van der Waals surface area contributed by atoms with Crippen molar-refractivity contribution in [3.63, 3.8) is 0 Å². The Hall–Kier alpha value is -0.640. The van der Waals surface area contributed by atoms with Gasteiger partial charge in [-0.2, -0.15) is 0 Å². The molecule has 0 aromatic heterocycles. The van der Waals surface area contributed by atoms with Crippen LogP contribution in [0.1, 0.15) is 10.4 Å². The number of para-hydroxylation sites is 1. The normalized spacial score (nSPS) is 11.4. The van der Waals surface area contributed by atoms with Crippen molar-refractivity contribution >= 4 is 52.0 Å². The van der Waals surface area contributed by atoms with Crippen LogP contribution in [0.25, 0.3) is 0 Å². The lowest BCUT2D eigenvalue weighted by atomic mass is 10.1. The van der Waals surface area contributed by atoms with Gasteiger partial charge in [-0.1, -0.05) is 40.9 Å². The molecule has 0 unspecified atom stereocenters. The number of benzene rings is 1. The minimum Gasteiger partial charge on any atom is -0.397 e. The predicted molar refractivity (Wildman–Crippen MR) is 59.9 cm³/mol. The highest BCUT2D eigenvalue weighted by Gasteiger charge is 2.33. The number of hydrogen-bond donors (Lipinski definition) is 2. The largest absolute Gasteiger partial charge is 0.397 e. The number of alkyl halides is 3. The summed E-state index contributed by atoms with van der Waals surface area (Å²) in [4.78, 5) is 11.5. The molecule has 0 radical (unpaired) electrons. The van der Waals surface area contributed by atoms with E-state index in [2.05, 4.69) is 0 Å². The number of anilines is 2. The van der Waals surface area contributed by atoms with Gasteiger partial charge in [0.25, 0.3) is 3.79 Å². The van der Waals surface area contributed by atoms with Crippen LogP contribution in [0.15, 0.2) is 18.2 Å².